The first kappa shape index (κ1) is 16.9. The predicted octanol–water partition coefficient (Wildman–Crippen LogP) is 2.42. The molecule has 28 heavy (non-hydrogen) atoms. The first-order valence-electron chi connectivity index (χ1n) is 9.46. The van der Waals surface area contributed by atoms with E-state index in [0.717, 1.165) is 48.4 Å². The van der Waals surface area contributed by atoms with Crippen molar-refractivity contribution < 1.29 is 9.47 Å². The van der Waals surface area contributed by atoms with Crippen LogP contribution in [-0.2, 0) is 13.0 Å². The molecule has 1 aromatic carbocycles. The highest BCUT2D eigenvalue weighted by molar-refractivity contribution is 5.50. The summed E-state index contributed by atoms with van der Waals surface area (Å²) in [5, 5.41) is 12.4. The number of fused-ring (bicyclic) bond motifs is 2. The van der Waals surface area contributed by atoms with Crippen LogP contribution < -0.4 is 15.0 Å². The zero-order chi connectivity index (χ0) is 19.1. The van der Waals surface area contributed by atoms with E-state index in [-0.39, 0.29) is 12.4 Å². The second kappa shape index (κ2) is 6.73. The Morgan fingerprint density at radius 1 is 1.21 bits per heavy atom. The predicted molar refractivity (Wildman–Crippen MR) is 103 cm³/mol. The number of nitriles is 1. The molecule has 2 aromatic rings. The van der Waals surface area contributed by atoms with Gasteiger partial charge in [0.25, 0.3) is 5.56 Å². The van der Waals surface area contributed by atoms with Crippen molar-refractivity contribution in [1.82, 2.24) is 14.7 Å². The van der Waals surface area contributed by atoms with Gasteiger partial charge >= 0.3 is 0 Å². The molecule has 1 aliphatic carbocycles. The van der Waals surface area contributed by atoms with E-state index in [1.165, 1.54) is 5.57 Å². The van der Waals surface area contributed by atoms with Gasteiger partial charge in [-0.15, -0.1) is 0 Å². The van der Waals surface area contributed by atoms with Crippen LogP contribution in [0, 0.1) is 11.3 Å². The van der Waals surface area contributed by atoms with Gasteiger partial charge in [-0.1, -0.05) is 6.08 Å². The Labute approximate surface area is 162 Å². The number of hydrogen-bond donors (Lipinski definition) is 1. The van der Waals surface area contributed by atoms with Gasteiger partial charge in [0, 0.05) is 36.8 Å². The molecule has 0 bridgehead atoms. The molecule has 0 fully saturated rings. The number of hydrogen-bond acceptors (Lipinski definition) is 5. The summed E-state index contributed by atoms with van der Waals surface area (Å²) in [6, 6.07) is 7.77. The molecule has 0 atom stereocenters. The first-order valence-corrected chi connectivity index (χ1v) is 9.46. The van der Waals surface area contributed by atoms with Gasteiger partial charge in [-0.25, -0.2) is 4.68 Å². The van der Waals surface area contributed by atoms with Gasteiger partial charge in [0.2, 0.25) is 6.79 Å². The van der Waals surface area contributed by atoms with Crippen molar-refractivity contribution in [2.45, 2.75) is 25.8 Å². The van der Waals surface area contributed by atoms with Crippen molar-refractivity contribution in [1.29, 1.82) is 5.26 Å². The Morgan fingerprint density at radius 2 is 2.11 bits per heavy atom. The average Bonchev–Trinajstić information content (AvgIpc) is 3.32. The van der Waals surface area contributed by atoms with Crippen molar-refractivity contribution in [2.75, 3.05) is 19.9 Å². The summed E-state index contributed by atoms with van der Waals surface area (Å²) in [6.07, 6.45) is 6.67. The van der Waals surface area contributed by atoms with Crippen molar-refractivity contribution in [3.63, 3.8) is 0 Å². The average molecular weight is 376 g/mol. The summed E-state index contributed by atoms with van der Waals surface area (Å²) in [5.41, 5.74) is 4.57. The molecule has 7 nitrogen and oxygen atoms in total. The Bertz CT molecular complexity index is 1100. The molecule has 1 aromatic heterocycles. The largest absolute Gasteiger partial charge is 0.454 e. The lowest BCUT2D eigenvalue weighted by molar-refractivity contribution is 0.174. The molecule has 0 saturated heterocycles. The topological polar surface area (TPSA) is 83.3 Å². The fraction of sp³-hybridized carbons (Fsp3) is 0.333. The third-order valence-corrected chi connectivity index (χ3v) is 5.48. The second-order valence-electron chi connectivity index (χ2n) is 7.31. The third-order valence-electron chi connectivity index (χ3n) is 5.48. The minimum Gasteiger partial charge on any atom is -0.454 e. The molecule has 0 saturated carbocycles. The maximum Gasteiger partial charge on any atom is 0.274 e. The number of aromatic amines is 1. The molecule has 2 aliphatic heterocycles. The van der Waals surface area contributed by atoms with Gasteiger partial charge < -0.3 is 9.47 Å². The van der Waals surface area contributed by atoms with Crippen LogP contribution in [0.4, 0.5) is 0 Å². The number of nitrogens with one attached hydrogen (secondary N) is 1. The summed E-state index contributed by atoms with van der Waals surface area (Å²) in [5.74, 6) is 1.35. The van der Waals surface area contributed by atoms with Gasteiger partial charge in [0.1, 0.15) is 0 Å². The Kier molecular flexibility index (Phi) is 4.06. The molecule has 5 rings (SSSR count). The Balaban J connectivity index is 1.38. The van der Waals surface area contributed by atoms with E-state index in [1.54, 1.807) is 4.68 Å². The van der Waals surface area contributed by atoms with E-state index in [4.69, 9.17) is 14.7 Å². The quantitative estimate of drug-likeness (QED) is 0.890. The summed E-state index contributed by atoms with van der Waals surface area (Å²) >= 11 is 0. The molecule has 0 spiro atoms. The lowest BCUT2D eigenvalue weighted by atomic mass is 9.99. The number of rotatable bonds is 3. The lowest BCUT2D eigenvalue weighted by Gasteiger charge is -2.27. The number of ether oxygens (including phenoxy) is 2. The van der Waals surface area contributed by atoms with Crippen molar-refractivity contribution in [2.24, 2.45) is 0 Å². The smallest absolute Gasteiger partial charge is 0.274 e. The van der Waals surface area contributed by atoms with Crippen LogP contribution in [0.3, 0.4) is 0 Å². The monoisotopic (exact) mass is 376 g/mol. The van der Waals surface area contributed by atoms with Gasteiger partial charge in [-0.2, -0.15) is 5.26 Å². The molecule has 3 aliphatic rings. The molecule has 3 heterocycles. The molecule has 0 amide bonds. The summed E-state index contributed by atoms with van der Waals surface area (Å²) in [6.45, 7) is 2.52. The van der Waals surface area contributed by atoms with Crippen LogP contribution >= 0.6 is 0 Å². The number of nitrogens with zero attached hydrogens (tertiary/aromatic N) is 3. The number of H-pyrrole nitrogens is 1. The minimum absolute atomic E-state index is 0.00272. The maximum absolute atomic E-state index is 12.9. The number of allylic oxidation sites excluding steroid dienone is 2. The van der Waals surface area contributed by atoms with Crippen LogP contribution in [0.2, 0.25) is 0 Å². The highest BCUT2D eigenvalue weighted by atomic mass is 16.7. The lowest BCUT2D eigenvalue weighted by Crippen LogP contribution is -2.33. The zero-order valence-corrected chi connectivity index (χ0v) is 15.4. The van der Waals surface area contributed by atoms with Gasteiger partial charge in [-0.05, 0) is 43.0 Å². The van der Waals surface area contributed by atoms with Crippen molar-refractivity contribution in [3.05, 3.63) is 63.1 Å². The molecule has 1 N–H and O–H groups in total. The molecule has 0 radical (unpaired) electrons. The number of aromatic nitrogens is 2. The zero-order valence-electron chi connectivity index (χ0n) is 15.4. The maximum atomic E-state index is 12.9. The van der Waals surface area contributed by atoms with Gasteiger partial charge in [-0.3, -0.25) is 14.8 Å². The standard InChI is InChI=1S/C21H20N4O3/c22-10-14-2-1-3-15(8-14)11-24-7-6-17-18(12-24)23-25(21(17)26)16-4-5-19-20(9-16)28-13-27-19/h3-5,8-9,23H,1-2,6-7,11-13H2. The van der Waals surface area contributed by atoms with Crippen molar-refractivity contribution >= 4 is 0 Å². The van der Waals surface area contributed by atoms with Crippen LogP contribution in [0.5, 0.6) is 11.5 Å². The Hall–Kier alpha value is -3.24. The molecule has 7 heteroatoms. The van der Waals surface area contributed by atoms with Crippen LogP contribution in [-0.4, -0.2) is 34.6 Å². The van der Waals surface area contributed by atoms with Crippen LogP contribution in [0.25, 0.3) is 5.69 Å². The molecule has 142 valence electrons. The van der Waals surface area contributed by atoms with E-state index < -0.39 is 0 Å². The molecular weight excluding hydrogens is 356 g/mol. The SMILES string of the molecule is N#CC1=CC(CN2CCc3c([nH]n(-c4ccc5c(c4)OCO5)c3=O)C2)=CCC1. The highest BCUT2D eigenvalue weighted by Gasteiger charge is 2.24. The fourth-order valence-corrected chi connectivity index (χ4v) is 4.04. The minimum atomic E-state index is -0.00272. The van der Waals surface area contributed by atoms with Crippen molar-refractivity contribution in [3.8, 4) is 23.3 Å². The highest BCUT2D eigenvalue weighted by Crippen LogP contribution is 2.33. The molecule has 0 unspecified atom stereocenters. The second-order valence-corrected chi connectivity index (χ2v) is 7.31. The van der Waals surface area contributed by atoms with E-state index in [1.807, 2.05) is 24.3 Å². The van der Waals surface area contributed by atoms with Crippen LogP contribution in [0.15, 0.2) is 46.3 Å². The van der Waals surface area contributed by atoms with E-state index >= 15 is 0 Å². The summed E-state index contributed by atoms with van der Waals surface area (Å²) in [7, 11) is 0. The van der Waals surface area contributed by atoms with Crippen LogP contribution in [0.1, 0.15) is 24.1 Å². The van der Waals surface area contributed by atoms with Gasteiger partial charge in [0.15, 0.2) is 11.5 Å². The Morgan fingerprint density at radius 3 is 3.00 bits per heavy atom. The summed E-state index contributed by atoms with van der Waals surface area (Å²) in [4.78, 5) is 15.2. The third kappa shape index (κ3) is 2.92. The summed E-state index contributed by atoms with van der Waals surface area (Å²) < 4.78 is 12.4. The van der Waals surface area contributed by atoms with E-state index in [2.05, 4.69) is 22.1 Å². The van der Waals surface area contributed by atoms with E-state index in [9.17, 15) is 4.79 Å². The first-order chi connectivity index (χ1) is 13.7. The van der Waals surface area contributed by atoms with E-state index in [0.29, 0.717) is 24.5 Å². The normalized spacial score (nSPS) is 18.2. The molecular formula is C21H20N4O3. The van der Waals surface area contributed by atoms with Gasteiger partial charge in [0.05, 0.1) is 17.5 Å². The number of benzene rings is 1. The fourth-order valence-electron chi connectivity index (χ4n) is 4.04.